The Morgan fingerprint density at radius 1 is 1.08 bits per heavy atom. The number of fused-ring (bicyclic) bond motifs is 1. The highest BCUT2D eigenvalue weighted by atomic mass is 32.2. The Morgan fingerprint density at radius 3 is 2.31 bits per heavy atom. The Bertz CT molecular complexity index is 904. The highest BCUT2D eigenvalue weighted by Crippen LogP contribution is 2.53. The first-order valence-electron chi connectivity index (χ1n) is 8.00. The lowest BCUT2D eigenvalue weighted by Crippen LogP contribution is -2.35. The van der Waals surface area contributed by atoms with Crippen molar-refractivity contribution in [1.29, 1.82) is 0 Å². The van der Waals surface area contributed by atoms with Crippen LogP contribution < -0.4 is 0 Å². The number of thioether (sulfide) groups is 2. The summed E-state index contributed by atoms with van der Waals surface area (Å²) in [5.74, 6) is 1.04. The van der Waals surface area contributed by atoms with Crippen LogP contribution in [0.25, 0.3) is 10.8 Å². The summed E-state index contributed by atoms with van der Waals surface area (Å²) in [6, 6.07) is 11.0. The molecule has 0 aliphatic carbocycles. The molecular weight excluding hydrogens is 405 g/mol. The molecule has 2 aromatic rings. The first-order valence-corrected chi connectivity index (χ1v) is 11.4. The minimum Gasteiger partial charge on any atom is -0.229 e. The van der Waals surface area contributed by atoms with E-state index in [0.717, 1.165) is 52.7 Å². The minimum atomic E-state index is -5.71. The zero-order valence-corrected chi connectivity index (χ0v) is 16.3. The van der Waals surface area contributed by atoms with Gasteiger partial charge in [0.15, 0.2) is 0 Å². The van der Waals surface area contributed by atoms with Crippen molar-refractivity contribution < 1.29 is 25.8 Å². The molecule has 2 aromatic carbocycles. The van der Waals surface area contributed by atoms with Crippen LogP contribution in [0.2, 0.25) is 0 Å². The topological polar surface area (TPSA) is 43.4 Å². The molecule has 0 spiro atoms. The van der Waals surface area contributed by atoms with E-state index in [1.54, 1.807) is 18.2 Å². The van der Waals surface area contributed by atoms with E-state index in [1.165, 1.54) is 0 Å². The van der Waals surface area contributed by atoms with Crippen molar-refractivity contribution in [3.63, 3.8) is 0 Å². The summed E-state index contributed by atoms with van der Waals surface area (Å²) in [6.07, 6.45) is 1.65. The summed E-state index contributed by atoms with van der Waals surface area (Å²) in [5, 5.41) is 1.78. The number of hydrogen-bond donors (Lipinski definition) is 0. The number of benzene rings is 2. The smallest absolute Gasteiger partial charge is 0.229 e. The van der Waals surface area contributed by atoms with Gasteiger partial charge in [-0.25, -0.2) is 4.18 Å². The van der Waals surface area contributed by atoms with E-state index in [4.69, 9.17) is 4.18 Å². The van der Waals surface area contributed by atoms with Crippen LogP contribution in [0.4, 0.5) is 13.2 Å². The van der Waals surface area contributed by atoms with Gasteiger partial charge in [-0.05, 0) is 46.7 Å². The number of halogens is 3. The van der Waals surface area contributed by atoms with Crippen LogP contribution in [0, 0.1) is 0 Å². The lowest BCUT2D eigenvalue weighted by atomic mass is 10.0. The number of hydrogen-bond acceptors (Lipinski definition) is 5. The number of alkyl halides is 3. The maximum absolute atomic E-state index is 12.9. The first kappa shape index (κ1) is 19.9. The van der Waals surface area contributed by atoms with Gasteiger partial charge in [0.1, 0.15) is 0 Å². The summed E-state index contributed by atoms with van der Waals surface area (Å²) in [7, 11) is -5.71. The quantitative estimate of drug-likeness (QED) is 0.497. The second kappa shape index (κ2) is 7.26. The molecule has 9 heteroatoms. The number of rotatable bonds is 4. The molecule has 1 heterocycles. The fraction of sp³-hybridized carbons (Fsp3) is 0.412. The summed E-state index contributed by atoms with van der Waals surface area (Å²) in [5.41, 5.74) is -3.89. The van der Waals surface area contributed by atoms with Gasteiger partial charge in [0.25, 0.3) is 0 Å². The van der Waals surface area contributed by atoms with Gasteiger partial charge >= 0.3 is 15.6 Å². The molecule has 0 N–H and O–H groups in total. The molecule has 3 rings (SSSR count). The van der Waals surface area contributed by atoms with Crippen LogP contribution in [0.1, 0.15) is 24.5 Å². The van der Waals surface area contributed by atoms with Crippen molar-refractivity contribution in [2.24, 2.45) is 0 Å². The third-order valence-corrected chi connectivity index (χ3v) is 8.38. The molecule has 1 fully saturated rings. The summed E-state index contributed by atoms with van der Waals surface area (Å²) < 4.78 is 65.1. The molecule has 0 atom stereocenters. The van der Waals surface area contributed by atoms with Crippen molar-refractivity contribution in [2.75, 3.05) is 11.5 Å². The SMILES string of the molecule is CCc1ccc2cc(C3(OS(=O)(=O)C(F)(F)F)SCCCS3)ccc2c1. The Morgan fingerprint density at radius 2 is 1.69 bits per heavy atom. The van der Waals surface area contributed by atoms with E-state index in [-0.39, 0.29) is 0 Å². The zero-order valence-electron chi connectivity index (χ0n) is 13.9. The third kappa shape index (κ3) is 3.85. The van der Waals surface area contributed by atoms with E-state index < -0.39 is 19.9 Å². The van der Waals surface area contributed by atoms with Crippen molar-refractivity contribution in [3.05, 3.63) is 47.5 Å². The molecule has 0 aromatic heterocycles. The Kier molecular flexibility index (Phi) is 5.54. The lowest BCUT2D eigenvalue weighted by Gasteiger charge is -2.35. The van der Waals surface area contributed by atoms with E-state index in [2.05, 4.69) is 0 Å². The highest BCUT2D eigenvalue weighted by Gasteiger charge is 2.53. The molecule has 0 amide bonds. The van der Waals surface area contributed by atoms with Crippen LogP contribution in [0.5, 0.6) is 0 Å². The normalized spacial score (nSPS) is 18.2. The van der Waals surface area contributed by atoms with Crippen LogP contribution in [-0.4, -0.2) is 25.4 Å². The summed E-state index contributed by atoms with van der Waals surface area (Å²) >= 11 is 2.17. The second-order valence-corrected chi connectivity index (χ2v) is 10.2. The van der Waals surface area contributed by atoms with Gasteiger partial charge in [0.05, 0.1) is 0 Å². The van der Waals surface area contributed by atoms with Gasteiger partial charge in [-0.3, -0.25) is 0 Å². The fourth-order valence-corrected chi connectivity index (χ4v) is 6.79. The molecule has 1 aliphatic heterocycles. The largest absolute Gasteiger partial charge is 0.523 e. The molecule has 142 valence electrons. The minimum absolute atomic E-state index is 0.414. The zero-order chi connectivity index (χ0) is 19.0. The van der Waals surface area contributed by atoms with Crippen LogP contribution >= 0.6 is 23.5 Å². The van der Waals surface area contributed by atoms with E-state index in [1.807, 2.05) is 25.1 Å². The van der Waals surface area contributed by atoms with Crippen molar-refractivity contribution in [3.8, 4) is 0 Å². The predicted octanol–water partition coefficient (Wildman–Crippen LogP) is 5.25. The molecule has 0 radical (unpaired) electrons. The Balaban J connectivity index is 2.06. The van der Waals surface area contributed by atoms with Gasteiger partial charge in [-0.2, -0.15) is 21.6 Å². The number of aryl methyl sites for hydroxylation is 1. The molecule has 1 saturated heterocycles. The highest BCUT2D eigenvalue weighted by molar-refractivity contribution is 8.18. The third-order valence-electron chi connectivity index (χ3n) is 4.04. The van der Waals surface area contributed by atoms with Crippen molar-refractivity contribution in [2.45, 2.75) is 29.5 Å². The predicted molar refractivity (Wildman–Crippen MR) is 101 cm³/mol. The standard InChI is InChI=1S/C17H17F3O3S3/c1-2-12-4-5-14-11-15(7-6-13(14)10-12)16(24-8-3-9-25-16)23-26(21,22)17(18,19)20/h4-7,10-11H,2-3,8-9H2,1H3. The Hall–Kier alpha value is -0.900. The van der Waals surface area contributed by atoms with Gasteiger partial charge in [0.2, 0.25) is 4.27 Å². The second-order valence-electron chi connectivity index (χ2n) is 5.84. The van der Waals surface area contributed by atoms with Gasteiger partial charge in [-0.15, -0.1) is 23.5 Å². The monoisotopic (exact) mass is 422 g/mol. The van der Waals surface area contributed by atoms with Crippen LogP contribution in [-0.2, 0) is 25.0 Å². The lowest BCUT2D eigenvalue weighted by molar-refractivity contribution is -0.0560. The van der Waals surface area contributed by atoms with Crippen molar-refractivity contribution in [1.82, 2.24) is 0 Å². The van der Waals surface area contributed by atoms with Crippen LogP contribution in [0.15, 0.2) is 36.4 Å². The van der Waals surface area contributed by atoms with E-state index in [0.29, 0.717) is 17.1 Å². The summed E-state index contributed by atoms with van der Waals surface area (Å²) in [4.78, 5) is 0. The fourth-order valence-electron chi connectivity index (χ4n) is 2.67. The average Bonchev–Trinajstić information content (AvgIpc) is 2.60. The summed E-state index contributed by atoms with van der Waals surface area (Å²) in [6.45, 7) is 2.04. The van der Waals surface area contributed by atoms with Crippen LogP contribution in [0.3, 0.4) is 0 Å². The maximum atomic E-state index is 12.9. The molecule has 0 unspecified atom stereocenters. The molecule has 0 saturated carbocycles. The van der Waals surface area contributed by atoms with Gasteiger partial charge in [-0.1, -0.05) is 37.3 Å². The molecule has 3 nitrogen and oxygen atoms in total. The van der Waals surface area contributed by atoms with E-state index in [9.17, 15) is 21.6 Å². The molecule has 0 bridgehead atoms. The van der Waals surface area contributed by atoms with Crippen molar-refractivity contribution >= 4 is 44.4 Å². The van der Waals surface area contributed by atoms with E-state index >= 15 is 0 Å². The first-order chi connectivity index (χ1) is 12.2. The maximum Gasteiger partial charge on any atom is 0.523 e. The van der Waals surface area contributed by atoms with Gasteiger partial charge < -0.3 is 0 Å². The molecular formula is C17H17F3O3S3. The molecule has 26 heavy (non-hydrogen) atoms. The molecule has 1 aliphatic rings. The average molecular weight is 423 g/mol. The Labute approximate surface area is 158 Å². The van der Waals surface area contributed by atoms with Gasteiger partial charge in [0, 0.05) is 5.56 Å².